The molecule has 0 unspecified atom stereocenters. The summed E-state index contributed by atoms with van der Waals surface area (Å²) in [5.74, 6) is 0.892. The summed E-state index contributed by atoms with van der Waals surface area (Å²) in [7, 11) is -1.15. The van der Waals surface area contributed by atoms with Crippen LogP contribution in [-0.2, 0) is 11.5 Å². The van der Waals surface area contributed by atoms with E-state index in [0.717, 1.165) is 82.6 Å². The van der Waals surface area contributed by atoms with Crippen LogP contribution in [0.25, 0.3) is 22.3 Å². The summed E-state index contributed by atoms with van der Waals surface area (Å²) in [6, 6.07) is 2.24. The Kier molecular flexibility index (Phi) is 25.2. The molecule has 0 aliphatic heterocycles. The van der Waals surface area contributed by atoms with Crippen molar-refractivity contribution in [2.24, 2.45) is 0 Å². The first-order chi connectivity index (χ1) is 40.6. The molecule has 7 heterocycles. The standard InChI is InChI=1S/C17H27ClN4O2Si.C11H13ClN4O.C10H13ClN4O2.C10H15ClN4.C4HCl2N3O2/c1-25(2,3)10-9-24-12-21-14-11-19-16(18)20-15(14)22(17(21)23)13-7-5-4-6-8-13;12-10-13-6-8-9(15-10)16(11(17)14-8)7-4-2-1-3-5-7;11-10-12-6-8(15(16)17)9(14-10)13-7-4-2-1-3-5-7;11-10-13-6-8(12)9(15-10)14-7-4-2-1-3-5-7;5-3-2(9(10)11)1-7-4(6)8-3/h11,13H,4-10,12H2,1-3H3;6-7H,1-5H2,(H,14,17);6-7H,1-5H2,(H,12,13,14);6-7H,1-5,12H2,(H,13,14,15);1H. The van der Waals surface area contributed by atoms with E-state index in [9.17, 15) is 29.8 Å². The first-order valence-electron chi connectivity index (χ1n) is 28.3. The lowest BCUT2D eigenvalue weighted by atomic mass is 9.95. The van der Waals surface area contributed by atoms with Gasteiger partial charge in [-0.1, -0.05) is 108 Å². The van der Waals surface area contributed by atoms with E-state index in [1.54, 1.807) is 27.7 Å². The molecule has 7 aromatic rings. The number of nitrogens with one attached hydrogen (secondary N) is 3. The van der Waals surface area contributed by atoms with Gasteiger partial charge in [0.25, 0.3) is 0 Å². The van der Waals surface area contributed by atoms with Crippen molar-refractivity contribution in [2.45, 2.75) is 185 Å². The number of aromatic nitrogens is 14. The number of hydrogen-bond donors (Lipinski definition) is 4. The smallest absolute Gasteiger partial charge is 0.332 e. The normalized spacial score (nSPS) is 16.2. The summed E-state index contributed by atoms with van der Waals surface area (Å²) in [5.41, 5.74) is 8.29. The summed E-state index contributed by atoms with van der Waals surface area (Å²) < 4.78 is 11.0. The number of nitrogens with two attached hydrogens (primary N) is 1. The summed E-state index contributed by atoms with van der Waals surface area (Å²) in [5, 5.41) is 27.6. The maximum absolute atomic E-state index is 13.0. The molecule has 11 rings (SSSR count). The molecule has 7 aromatic heterocycles. The maximum atomic E-state index is 13.0. The van der Waals surface area contributed by atoms with E-state index >= 15 is 0 Å². The van der Waals surface area contributed by atoms with Gasteiger partial charge in [-0.25, -0.2) is 34.5 Å². The minimum absolute atomic E-state index is 0.0221. The molecule has 5 N–H and O–H groups in total. The van der Waals surface area contributed by atoms with Gasteiger partial charge in [0.05, 0.1) is 34.1 Å². The van der Waals surface area contributed by atoms with Gasteiger partial charge >= 0.3 is 22.8 Å². The van der Waals surface area contributed by atoms with E-state index in [2.05, 4.69) is 85.1 Å². The number of hydrogen-bond acceptors (Lipinski definition) is 20. The predicted octanol–water partition coefficient (Wildman–Crippen LogP) is 13.3. The molecule has 26 nitrogen and oxygen atoms in total. The lowest BCUT2D eigenvalue weighted by molar-refractivity contribution is -0.385. The number of aromatic amines is 1. The molecule has 0 spiro atoms. The summed E-state index contributed by atoms with van der Waals surface area (Å²) in [6.07, 6.45) is 29.8. The van der Waals surface area contributed by atoms with Crippen molar-refractivity contribution in [3.8, 4) is 0 Å². The molecule has 4 aliphatic carbocycles. The second kappa shape index (κ2) is 32.2. The Balaban J connectivity index is 0.000000156. The number of anilines is 3. The van der Waals surface area contributed by atoms with E-state index in [1.165, 1.54) is 64.2 Å². The van der Waals surface area contributed by atoms with Crippen LogP contribution in [0.3, 0.4) is 0 Å². The molecular formula is C52H69Cl6N19O7Si. The van der Waals surface area contributed by atoms with Crippen molar-refractivity contribution in [3.05, 3.63) is 104 Å². The minimum Gasteiger partial charge on any atom is -0.394 e. The third kappa shape index (κ3) is 19.8. The number of fused-ring (bicyclic) bond motifs is 2. The van der Waals surface area contributed by atoms with Crippen LogP contribution < -0.4 is 27.7 Å². The molecule has 0 atom stereocenters. The zero-order valence-corrected chi connectivity index (χ0v) is 52.9. The van der Waals surface area contributed by atoms with Gasteiger partial charge in [0.15, 0.2) is 17.1 Å². The first-order valence-corrected chi connectivity index (χ1v) is 34.3. The second-order valence-electron chi connectivity index (χ2n) is 22.1. The molecule has 0 bridgehead atoms. The molecule has 460 valence electrons. The topological polar surface area (TPSA) is 339 Å². The minimum atomic E-state index is -1.15. The quantitative estimate of drug-likeness (QED) is 0.0208. The highest BCUT2D eigenvalue weighted by Crippen LogP contribution is 2.32. The van der Waals surface area contributed by atoms with Crippen LogP contribution in [-0.4, -0.2) is 105 Å². The lowest BCUT2D eigenvalue weighted by Gasteiger charge is -2.23. The van der Waals surface area contributed by atoms with Gasteiger partial charge in [0.2, 0.25) is 37.4 Å². The summed E-state index contributed by atoms with van der Waals surface area (Å²) >= 11 is 33.8. The summed E-state index contributed by atoms with van der Waals surface area (Å²) in [6.45, 7) is 7.85. The maximum Gasteiger partial charge on any atom is 0.332 e. The Morgan fingerprint density at radius 1 is 0.588 bits per heavy atom. The number of nitro groups is 2. The number of rotatable bonds is 13. The van der Waals surface area contributed by atoms with E-state index in [1.807, 2.05) is 4.57 Å². The average Bonchev–Trinajstić information content (AvgIpc) is 2.27. The van der Waals surface area contributed by atoms with Gasteiger partial charge in [0.1, 0.15) is 30.2 Å². The fourth-order valence-corrected chi connectivity index (χ4v) is 12.0. The number of H-pyrrole nitrogens is 1. The van der Waals surface area contributed by atoms with Crippen LogP contribution in [0.1, 0.15) is 141 Å². The SMILES string of the molecule is C[Si](C)(C)CCOCn1c(=O)n(C2CCCCC2)c2nc(Cl)ncc21.Nc1cnc(Cl)nc1NC1CCCCC1.O=[N+]([O-])c1cnc(Cl)nc1Cl.O=[N+]([O-])c1cnc(Cl)nc1NC1CCCCC1.O=c1[nH]c2cnc(Cl)nc2n1C1CCCCC1. The van der Waals surface area contributed by atoms with Crippen LogP contribution in [0.5, 0.6) is 0 Å². The molecule has 0 aromatic carbocycles. The third-order valence-electron chi connectivity index (χ3n) is 14.7. The Morgan fingerprint density at radius 2 is 1.04 bits per heavy atom. The second-order valence-corrected chi connectivity index (χ2v) is 29.8. The highest BCUT2D eigenvalue weighted by molar-refractivity contribution is 6.76. The van der Waals surface area contributed by atoms with Crippen molar-refractivity contribution in [2.75, 3.05) is 23.0 Å². The van der Waals surface area contributed by atoms with Gasteiger partial charge < -0.3 is 26.1 Å². The largest absolute Gasteiger partial charge is 0.394 e. The highest BCUT2D eigenvalue weighted by atomic mass is 35.5. The van der Waals surface area contributed by atoms with Crippen molar-refractivity contribution in [1.82, 2.24) is 68.5 Å². The average molecular weight is 1310 g/mol. The Bertz CT molecular complexity index is 3470. The Morgan fingerprint density at radius 3 is 1.58 bits per heavy atom. The lowest BCUT2D eigenvalue weighted by Crippen LogP contribution is -2.30. The predicted molar refractivity (Wildman–Crippen MR) is 333 cm³/mol. The molecule has 85 heavy (non-hydrogen) atoms. The van der Waals surface area contributed by atoms with Crippen LogP contribution >= 0.6 is 69.6 Å². The van der Waals surface area contributed by atoms with Crippen LogP contribution in [0.2, 0.25) is 57.3 Å². The molecule has 0 saturated heterocycles. The Labute approximate surface area is 520 Å². The van der Waals surface area contributed by atoms with Gasteiger partial charge in [-0.2, -0.15) is 24.9 Å². The van der Waals surface area contributed by atoms with E-state index < -0.39 is 17.9 Å². The molecule has 4 aliphatic rings. The van der Waals surface area contributed by atoms with Crippen molar-refractivity contribution in [1.29, 1.82) is 0 Å². The van der Waals surface area contributed by atoms with E-state index in [-0.39, 0.29) is 85.0 Å². The fraction of sp³-hybridized carbons (Fsp3) is 0.577. The first kappa shape index (κ1) is 66.6. The van der Waals surface area contributed by atoms with Gasteiger partial charge in [0, 0.05) is 38.8 Å². The fourth-order valence-electron chi connectivity index (χ4n) is 10.4. The zero-order valence-electron chi connectivity index (χ0n) is 47.4. The van der Waals surface area contributed by atoms with Crippen LogP contribution in [0.15, 0.2) is 40.6 Å². The highest BCUT2D eigenvalue weighted by Gasteiger charge is 2.26. The van der Waals surface area contributed by atoms with Crippen LogP contribution in [0.4, 0.5) is 28.7 Å². The number of ether oxygens (including phenoxy) is 1. The monoisotopic (exact) mass is 1310 g/mol. The van der Waals surface area contributed by atoms with Gasteiger partial charge in [-0.05, 0) is 115 Å². The molecular weight excluding hydrogens is 1240 g/mol. The number of imidazole rings is 2. The summed E-state index contributed by atoms with van der Waals surface area (Å²) in [4.78, 5) is 86.2. The zero-order chi connectivity index (χ0) is 61.2. The third-order valence-corrected chi connectivity index (χ3v) is 17.6. The number of halogens is 6. The van der Waals surface area contributed by atoms with Crippen molar-refractivity contribution >= 4 is 129 Å². The molecule has 4 fully saturated rings. The van der Waals surface area contributed by atoms with Crippen LogP contribution in [0, 0.1) is 20.2 Å². The van der Waals surface area contributed by atoms with E-state index in [0.29, 0.717) is 46.5 Å². The van der Waals surface area contributed by atoms with Gasteiger partial charge in [-0.15, -0.1) is 0 Å². The Hall–Kier alpha value is -5.94. The number of nitrogen functional groups attached to an aromatic ring is 1. The van der Waals surface area contributed by atoms with Gasteiger partial charge in [-0.3, -0.25) is 33.9 Å². The number of nitrogens with zero attached hydrogens (tertiary/aromatic N) is 15. The molecule has 0 radical (unpaired) electrons. The van der Waals surface area contributed by atoms with E-state index in [4.69, 9.17) is 80.1 Å². The van der Waals surface area contributed by atoms with Crippen molar-refractivity contribution < 1.29 is 14.6 Å². The molecule has 4 saturated carbocycles. The molecule has 33 heteroatoms. The van der Waals surface area contributed by atoms with Crippen molar-refractivity contribution in [3.63, 3.8) is 0 Å². The molecule has 0 amide bonds.